The van der Waals surface area contributed by atoms with Gasteiger partial charge in [0.15, 0.2) is 6.10 Å². The van der Waals surface area contributed by atoms with Gasteiger partial charge in [0.1, 0.15) is 0 Å². The molecule has 0 aliphatic rings. The third-order valence-electron chi connectivity index (χ3n) is 2.72. The van der Waals surface area contributed by atoms with Crippen LogP contribution in [0.25, 0.3) is 11.4 Å². The summed E-state index contributed by atoms with van der Waals surface area (Å²) in [6.07, 6.45) is -1.55. The van der Waals surface area contributed by atoms with Crippen LogP contribution < -0.4 is 5.32 Å². The molecule has 1 atom stereocenters. The van der Waals surface area contributed by atoms with E-state index < -0.39 is 12.1 Å². The van der Waals surface area contributed by atoms with Crippen molar-refractivity contribution >= 4 is 11.9 Å². The lowest BCUT2D eigenvalue weighted by molar-refractivity contribution is -0.146. The van der Waals surface area contributed by atoms with E-state index in [9.17, 15) is 9.59 Å². The number of aliphatic carboxylic acids is 1. The number of rotatable bonds is 6. The molecule has 1 heterocycles. The molecule has 2 aromatic rings. The first-order valence-electron chi connectivity index (χ1n) is 6.11. The Labute approximate surface area is 119 Å². The highest BCUT2D eigenvalue weighted by atomic mass is 16.4. The summed E-state index contributed by atoms with van der Waals surface area (Å²) in [5, 5.41) is 33.5. The Bertz CT molecular complexity index is 628. The highest BCUT2D eigenvalue weighted by molar-refractivity contribution is 5.95. The first kappa shape index (κ1) is 14.6. The number of carboxylic acids is 1. The lowest BCUT2D eigenvalue weighted by Gasteiger charge is -2.07. The zero-order valence-electron chi connectivity index (χ0n) is 10.9. The molecule has 0 spiro atoms. The fourth-order valence-corrected chi connectivity index (χ4v) is 1.63. The van der Waals surface area contributed by atoms with Crippen molar-refractivity contribution in [1.82, 2.24) is 25.9 Å². The second kappa shape index (κ2) is 6.57. The minimum Gasteiger partial charge on any atom is -0.479 e. The number of benzene rings is 1. The Morgan fingerprint density at radius 1 is 1.38 bits per heavy atom. The smallest absolute Gasteiger partial charge is 0.332 e. The number of aromatic amines is 1. The van der Waals surface area contributed by atoms with Crippen LogP contribution in [0, 0.1) is 0 Å². The summed E-state index contributed by atoms with van der Waals surface area (Å²) in [6.45, 7) is 0.0543. The number of aliphatic hydroxyl groups excluding tert-OH is 1. The van der Waals surface area contributed by atoms with E-state index in [1.165, 1.54) is 0 Å². The molecule has 9 heteroatoms. The van der Waals surface area contributed by atoms with Crippen molar-refractivity contribution in [3.63, 3.8) is 0 Å². The molecule has 0 aliphatic carbocycles. The van der Waals surface area contributed by atoms with Gasteiger partial charge in [-0.3, -0.25) is 4.79 Å². The van der Waals surface area contributed by atoms with E-state index in [0.717, 1.165) is 0 Å². The molecule has 0 aliphatic heterocycles. The number of hydrogen-bond donors (Lipinski definition) is 4. The van der Waals surface area contributed by atoms with Gasteiger partial charge in [-0.05, 0) is 17.3 Å². The van der Waals surface area contributed by atoms with Crippen LogP contribution in [0.4, 0.5) is 0 Å². The second-order valence-corrected chi connectivity index (χ2v) is 4.21. The van der Waals surface area contributed by atoms with Crippen molar-refractivity contribution in [1.29, 1.82) is 0 Å². The van der Waals surface area contributed by atoms with Gasteiger partial charge in [-0.1, -0.05) is 12.1 Å². The van der Waals surface area contributed by atoms with Crippen molar-refractivity contribution in [2.45, 2.75) is 12.5 Å². The second-order valence-electron chi connectivity index (χ2n) is 4.21. The normalized spacial score (nSPS) is 11.9. The minimum absolute atomic E-state index is 0.0543. The fraction of sp³-hybridized carbons (Fsp3) is 0.250. The van der Waals surface area contributed by atoms with E-state index in [1.807, 2.05) is 0 Å². The predicted octanol–water partition coefficient (Wildman–Crippen LogP) is -0.568. The van der Waals surface area contributed by atoms with Crippen LogP contribution in [-0.4, -0.2) is 55.4 Å². The number of aromatic nitrogens is 4. The first-order valence-corrected chi connectivity index (χ1v) is 6.11. The van der Waals surface area contributed by atoms with E-state index in [4.69, 9.17) is 10.2 Å². The SMILES string of the molecule is O=C(NCC[C@H](O)C(=O)O)c1cccc(-c2nn[nH]n2)c1. The van der Waals surface area contributed by atoms with Crippen LogP contribution in [0.5, 0.6) is 0 Å². The molecule has 2 rings (SSSR count). The largest absolute Gasteiger partial charge is 0.479 e. The topological polar surface area (TPSA) is 141 Å². The number of carbonyl (C=O) groups excluding carboxylic acids is 1. The zero-order valence-corrected chi connectivity index (χ0v) is 10.9. The highest BCUT2D eigenvalue weighted by Crippen LogP contribution is 2.14. The Kier molecular flexibility index (Phi) is 4.57. The maximum absolute atomic E-state index is 11.9. The summed E-state index contributed by atoms with van der Waals surface area (Å²) >= 11 is 0. The van der Waals surface area contributed by atoms with Crippen molar-refractivity contribution in [2.24, 2.45) is 0 Å². The van der Waals surface area contributed by atoms with Gasteiger partial charge in [0.2, 0.25) is 5.82 Å². The third kappa shape index (κ3) is 3.83. The molecular formula is C12H13N5O4. The summed E-state index contributed by atoms with van der Waals surface area (Å²) in [5.74, 6) is -1.33. The molecule has 0 saturated heterocycles. The van der Waals surface area contributed by atoms with Crippen LogP contribution in [0.2, 0.25) is 0 Å². The van der Waals surface area contributed by atoms with E-state index in [0.29, 0.717) is 17.0 Å². The third-order valence-corrected chi connectivity index (χ3v) is 2.72. The average molecular weight is 291 g/mol. The monoisotopic (exact) mass is 291 g/mol. The lowest BCUT2D eigenvalue weighted by atomic mass is 10.1. The molecule has 1 amide bonds. The summed E-state index contributed by atoms with van der Waals surface area (Å²) in [5.41, 5.74) is 1.00. The van der Waals surface area contributed by atoms with Crippen molar-refractivity contribution < 1.29 is 19.8 Å². The van der Waals surface area contributed by atoms with E-state index >= 15 is 0 Å². The number of tetrazole rings is 1. The molecule has 1 aromatic carbocycles. The van der Waals surface area contributed by atoms with Gasteiger partial charge in [-0.2, -0.15) is 5.21 Å². The quantitative estimate of drug-likeness (QED) is 0.558. The summed E-state index contributed by atoms with van der Waals surface area (Å²) in [7, 11) is 0. The maximum atomic E-state index is 11.9. The van der Waals surface area contributed by atoms with Gasteiger partial charge in [-0.25, -0.2) is 4.79 Å². The van der Waals surface area contributed by atoms with Gasteiger partial charge in [-0.15, -0.1) is 10.2 Å². The highest BCUT2D eigenvalue weighted by Gasteiger charge is 2.14. The minimum atomic E-state index is -1.49. The number of hydrogen-bond acceptors (Lipinski definition) is 6. The number of H-pyrrole nitrogens is 1. The molecule has 21 heavy (non-hydrogen) atoms. The molecule has 110 valence electrons. The molecule has 0 fully saturated rings. The first-order chi connectivity index (χ1) is 10.1. The fourth-order valence-electron chi connectivity index (χ4n) is 1.63. The molecular weight excluding hydrogens is 278 g/mol. The van der Waals surface area contributed by atoms with Crippen LogP contribution in [0.1, 0.15) is 16.8 Å². The van der Waals surface area contributed by atoms with Crippen molar-refractivity contribution in [3.8, 4) is 11.4 Å². The number of carbonyl (C=O) groups is 2. The van der Waals surface area contributed by atoms with Gasteiger partial charge in [0, 0.05) is 24.1 Å². The molecule has 9 nitrogen and oxygen atoms in total. The molecule has 4 N–H and O–H groups in total. The van der Waals surface area contributed by atoms with E-state index in [1.54, 1.807) is 24.3 Å². The molecule has 0 unspecified atom stereocenters. The Morgan fingerprint density at radius 3 is 2.86 bits per heavy atom. The van der Waals surface area contributed by atoms with Gasteiger partial charge in [0.25, 0.3) is 5.91 Å². The number of carboxylic acid groups (broad SMARTS) is 1. The number of nitrogens with zero attached hydrogens (tertiary/aromatic N) is 3. The standard InChI is InChI=1S/C12H13N5O4/c18-9(12(20)21)4-5-13-11(19)8-3-1-2-7(6-8)10-14-16-17-15-10/h1-3,6,9,18H,4-5H2,(H,13,19)(H,20,21)(H,14,15,16,17)/t9-/m0/s1. The number of amides is 1. The van der Waals surface area contributed by atoms with Crippen LogP contribution in [0.3, 0.4) is 0 Å². The summed E-state index contributed by atoms with van der Waals surface area (Å²) < 4.78 is 0. The van der Waals surface area contributed by atoms with Gasteiger partial charge < -0.3 is 15.5 Å². The van der Waals surface area contributed by atoms with Gasteiger partial charge >= 0.3 is 5.97 Å². The Hall–Kier alpha value is -2.81. The predicted molar refractivity (Wildman–Crippen MR) is 70.2 cm³/mol. The van der Waals surface area contributed by atoms with Crippen molar-refractivity contribution in [2.75, 3.05) is 6.54 Å². The average Bonchev–Trinajstić information content (AvgIpc) is 3.01. The number of aliphatic hydroxyl groups is 1. The molecule has 0 saturated carbocycles. The van der Waals surface area contributed by atoms with Crippen LogP contribution >= 0.6 is 0 Å². The summed E-state index contributed by atoms with van der Waals surface area (Å²) in [4.78, 5) is 22.3. The Morgan fingerprint density at radius 2 is 2.19 bits per heavy atom. The lowest BCUT2D eigenvalue weighted by Crippen LogP contribution is -2.30. The van der Waals surface area contributed by atoms with Gasteiger partial charge in [0.05, 0.1) is 0 Å². The molecule has 0 radical (unpaired) electrons. The van der Waals surface area contributed by atoms with Crippen LogP contribution in [0.15, 0.2) is 24.3 Å². The molecule has 0 bridgehead atoms. The maximum Gasteiger partial charge on any atom is 0.332 e. The van der Waals surface area contributed by atoms with Crippen LogP contribution in [-0.2, 0) is 4.79 Å². The zero-order chi connectivity index (χ0) is 15.2. The van der Waals surface area contributed by atoms with E-state index in [-0.39, 0.29) is 18.9 Å². The summed E-state index contributed by atoms with van der Waals surface area (Å²) in [6, 6.07) is 6.60. The molecule has 1 aromatic heterocycles. The Balaban J connectivity index is 1.97. The van der Waals surface area contributed by atoms with E-state index in [2.05, 4.69) is 25.9 Å². The number of nitrogens with one attached hydrogen (secondary N) is 2. The van der Waals surface area contributed by atoms with Crippen molar-refractivity contribution in [3.05, 3.63) is 29.8 Å².